The molecule has 18 heavy (non-hydrogen) atoms. The highest BCUT2D eigenvalue weighted by molar-refractivity contribution is 7.90. The quantitative estimate of drug-likeness (QED) is 0.787. The molecule has 1 aliphatic rings. The molecule has 0 amide bonds. The molecule has 0 aromatic heterocycles. The minimum Gasteiger partial charge on any atom is -0.380 e. The van der Waals surface area contributed by atoms with Gasteiger partial charge in [0, 0.05) is 12.8 Å². The lowest BCUT2D eigenvalue weighted by Crippen LogP contribution is -2.29. The van der Waals surface area contributed by atoms with Crippen LogP contribution < -0.4 is 0 Å². The molecule has 2 rings (SSSR count). The topological polar surface area (TPSA) is 55.7 Å². The Bertz CT molecular complexity index is 519. The average Bonchev–Trinajstić information content (AvgIpc) is 2.39. The zero-order valence-electron chi connectivity index (χ0n) is 9.75. The number of hydrogen-bond acceptors (Lipinski definition) is 3. The van der Waals surface area contributed by atoms with Crippen LogP contribution >= 0.6 is 0 Å². The van der Waals surface area contributed by atoms with E-state index >= 15 is 0 Å². The molecule has 1 heterocycles. The molecule has 6 heteroatoms. The van der Waals surface area contributed by atoms with Gasteiger partial charge in [0.25, 0.3) is 10.0 Å². The number of halogens is 1. The standard InChI is InChI=1S/C12H14FNO3S/c13-11-5-3-10(4-6-11)8-14-18(15,16)12-2-1-7-17-9-12/h3-6,8,12H,1-2,7,9H2. The maximum atomic E-state index is 12.7. The molecule has 1 aromatic rings. The summed E-state index contributed by atoms with van der Waals surface area (Å²) in [5.41, 5.74) is 0.553. The van der Waals surface area contributed by atoms with E-state index in [1.165, 1.54) is 30.5 Å². The number of sulfonamides is 1. The SMILES string of the molecule is O=S(=O)(N=Cc1ccc(F)cc1)C1CCCOC1. The van der Waals surface area contributed by atoms with Crippen molar-refractivity contribution in [3.63, 3.8) is 0 Å². The van der Waals surface area contributed by atoms with Crippen LogP contribution in [0.2, 0.25) is 0 Å². The van der Waals surface area contributed by atoms with E-state index in [9.17, 15) is 12.8 Å². The first-order chi connectivity index (χ1) is 8.58. The van der Waals surface area contributed by atoms with E-state index < -0.39 is 15.3 Å². The summed E-state index contributed by atoms with van der Waals surface area (Å²) in [6.45, 7) is 0.802. The van der Waals surface area contributed by atoms with Gasteiger partial charge in [0.05, 0.1) is 6.61 Å². The van der Waals surface area contributed by atoms with E-state index in [-0.39, 0.29) is 12.4 Å². The molecule has 1 aliphatic heterocycles. The van der Waals surface area contributed by atoms with Crippen LogP contribution in [0.25, 0.3) is 0 Å². The molecule has 0 radical (unpaired) electrons. The van der Waals surface area contributed by atoms with Crippen LogP contribution in [0, 0.1) is 5.82 Å². The molecular weight excluding hydrogens is 257 g/mol. The number of nitrogens with zero attached hydrogens (tertiary/aromatic N) is 1. The monoisotopic (exact) mass is 271 g/mol. The predicted molar refractivity (Wildman–Crippen MR) is 66.8 cm³/mol. The van der Waals surface area contributed by atoms with Crippen molar-refractivity contribution in [1.29, 1.82) is 0 Å². The molecule has 98 valence electrons. The van der Waals surface area contributed by atoms with E-state index in [4.69, 9.17) is 4.74 Å². The van der Waals surface area contributed by atoms with Crippen molar-refractivity contribution >= 4 is 16.2 Å². The predicted octanol–water partition coefficient (Wildman–Crippen LogP) is 1.75. The Morgan fingerprint density at radius 1 is 1.33 bits per heavy atom. The van der Waals surface area contributed by atoms with E-state index in [2.05, 4.69) is 4.40 Å². The van der Waals surface area contributed by atoms with Gasteiger partial charge in [0.15, 0.2) is 0 Å². The van der Waals surface area contributed by atoms with Gasteiger partial charge in [0.1, 0.15) is 11.1 Å². The minimum atomic E-state index is -3.54. The highest BCUT2D eigenvalue weighted by atomic mass is 32.2. The first-order valence-electron chi connectivity index (χ1n) is 5.70. The second-order valence-electron chi connectivity index (χ2n) is 4.14. The highest BCUT2D eigenvalue weighted by Crippen LogP contribution is 2.16. The Labute approximate surface area is 106 Å². The summed E-state index contributed by atoms with van der Waals surface area (Å²) in [6.07, 6.45) is 2.54. The lowest BCUT2D eigenvalue weighted by atomic mass is 10.2. The fourth-order valence-corrected chi connectivity index (χ4v) is 2.89. The Hall–Kier alpha value is -1.27. The van der Waals surface area contributed by atoms with Crippen molar-refractivity contribution in [2.24, 2.45) is 4.40 Å². The van der Waals surface area contributed by atoms with Crippen molar-refractivity contribution in [2.45, 2.75) is 18.1 Å². The fourth-order valence-electron chi connectivity index (χ4n) is 1.72. The molecule has 0 saturated carbocycles. The van der Waals surface area contributed by atoms with Crippen LogP contribution in [0.15, 0.2) is 28.7 Å². The van der Waals surface area contributed by atoms with Gasteiger partial charge in [-0.1, -0.05) is 12.1 Å². The first kappa shape index (κ1) is 13.2. The summed E-state index contributed by atoms with van der Waals surface area (Å²) in [5, 5.41) is -0.567. The summed E-state index contributed by atoms with van der Waals surface area (Å²) in [4.78, 5) is 0. The van der Waals surface area contributed by atoms with Gasteiger partial charge in [-0.2, -0.15) is 4.40 Å². The lowest BCUT2D eigenvalue weighted by molar-refractivity contribution is 0.0991. The van der Waals surface area contributed by atoms with Crippen molar-refractivity contribution in [3.05, 3.63) is 35.6 Å². The number of benzene rings is 1. The highest BCUT2D eigenvalue weighted by Gasteiger charge is 2.26. The van der Waals surface area contributed by atoms with Crippen molar-refractivity contribution in [1.82, 2.24) is 0 Å². The van der Waals surface area contributed by atoms with Crippen LogP contribution in [0.4, 0.5) is 4.39 Å². The third kappa shape index (κ3) is 3.36. The van der Waals surface area contributed by atoms with Gasteiger partial charge < -0.3 is 4.74 Å². The molecule has 1 unspecified atom stereocenters. The summed E-state index contributed by atoms with van der Waals surface area (Å²) in [7, 11) is -3.54. The number of ether oxygens (including phenoxy) is 1. The van der Waals surface area contributed by atoms with Gasteiger partial charge >= 0.3 is 0 Å². The molecule has 0 aliphatic carbocycles. The average molecular weight is 271 g/mol. The van der Waals surface area contributed by atoms with E-state index in [1.807, 2.05) is 0 Å². The van der Waals surface area contributed by atoms with Gasteiger partial charge in [-0.25, -0.2) is 12.8 Å². The molecule has 0 bridgehead atoms. The molecular formula is C12H14FNO3S. The Morgan fingerprint density at radius 2 is 2.06 bits per heavy atom. The minimum absolute atomic E-state index is 0.198. The summed E-state index contributed by atoms with van der Waals surface area (Å²) in [5.74, 6) is -0.365. The maximum absolute atomic E-state index is 12.7. The summed E-state index contributed by atoms with van der Waals surface area (Å²) < 4.78 is 45.2. The molecule has 1 fully saturated rings. The molecule has 1 atom stereocenters. The van der Waals surface area contributed by atoms with E-state index in [0.717, 1.165) is 6.42 Å². The molecule has 1 saturated heterocycles. The van der Waals surface area contributed by atoms with Crippen LogP contribution in [-0.4, -0.2) is 33.1 Å². The van der Waals surface area contributed by atoms with Crippen molar-refractivity contribution < 1.29 is 17.5 Å². The second-order valence-corrected chi connectivity index (χ2v) is 6.05. The first-order valence-corrected chi connectivity index (χ1v) is 7.21. The fraction of sp³-hybridized carbons (Fsp3) is 0.417. The smallest absolute Gasteiger partial charge is 0.258 e. The third-order valence-electron chi connectivity index (χ3n) is 2.76. The lowest BCUT2D eigenvalue weighted by Gasteiger charge is -2.19. The molecule has 1 aromatic carbocycles. The maximum Gasteiger partial charge on any atom is 0.258 e. The Balaban J connectivity index is 2.09. The van der Waals surface area contributed by atoms with Crippen molar-refractivity contribution in [3.8, 4) is 0 Å². The van der Waals surface area contributed by atoms with Crippen molar-refractivity contribution in [2.75, 3.05) is 13.2 Å². The second kappa shape index (κ2) is 5.58. The normalized spacial score (nSPS) is 21.3. The van der Waals surface area contributed by atoms with Crippen LogP contribution in [0.5, 0.6) is 0 Å². The molecule has 0 spiro atoms. The Morgan fingerprint density at radius 3 is 2.67 bits per heavy atom. The molecule has 4 nitrogen and oxygen atoms in total. The van der Waals surface area contributed by atoms with Gasteiger partial charge in [-0.15, -0.1) is 0 Å². The summed E-state index contributed by atoms with van der Waals surface area (Å²) in [6, 6.07) is 5.48. The van der Waals surface area contributed by atoms with Crippen LogP contribution in [0.3, 0.4) is 0 Å². The molecule has 0 N–H and O–H groups in total. The van der Waals surface area contributed by atoms with Crippen LogP contribution in [0.1, 0.15) is 18.4 Å². The largest absolute Gasteiger partial charge is 0.380 e. The van der Waals surface area contributed by atoms with Gasteiger partial charge in [0.2, 0.25) is 0 Å². The van der Waals surface area contributed by atoms with Crippen LogP contribution in [-0.2, 0) is 14.8 Å². The number of hydrogen-bond donors (Lipinski definition) is 0. The van der Waals surface area contributed by atoms with E-state index in [1.54, 1.807) is 0 Å². The number of rotatable bonds is 3. The third-order valence-corrected chi connectivity index (χ3v) is 4.37. The van der Waals surface area contributed by atoms with Gasteiger partial charge in [-0.05, 0) is 30.5 Å². The zero-order chi connectivity index (χ0) is 13.0. The summed E-state index contributed by atoms with van der Waals surface area (Å²) >= 11 is 0. The van der Waals surface area contributed by atoms with E-state index in [0.29, 0.717) is 18.6 Å². The van der Waals surface area contributed by atoms with Gasteiger partial charge in [-0.3, -0.25) is 0 Å². The zero-order valence-corrected chi connectivity index (χ0v) is 10.6. The Kier molecular flexibility index (Phi) is 4.08.